The molecule has 0 aliphatic heterocycles. The quantitative estimate of drug-likeness (QED) is 0.881. The second-order valence-corrected chi connectivity index (χ2v) is 3.90. The molecule has 0 aliphatic carbocycles. The number of halogens is 1. The van der Waals surface area contributed by atoms with Gasteiger partial charge in [0.05, 0.1) is 0 Å². The van der Waals surface area contributed by atoms with Crippen molar-refractivity contribution in [3.8, 4) is 11.5 Å². The molecule has 0 radical (unpaired) electrons. The van der Waals surface area contributed by atoms with E-state index >= 15 is 0 Å². The van der Waals surface area contributed by atoms with Crippen molar-refractivity contribution < 1.29 is 8.91 Å². The van der Waals surface area contributed by atoms with Crippen LogP contribution in [0.4, 0.5) is 4.39 Å². The second kappa shape index (κ2) is 5.05. The molecule has 4 nitrogen and oxygen atoms in total. The summed E-state index contributed by atoms with van der Waals surface area (Å²) in [4.78, 5) is 4.19. The van der Waals surface area contributed by atoms with Crippen LogP contribution >= 0.6 is 0 Å². The number of aromatic nitrogens is 2. The molecule has 2 N–H and O–H groups in total. The van der Waals surface area contributed by atoms with Gasteiger partial charge in [-0.25, -0.2) is 4.39 Å². The number of hydrogen-bond donors (Lipinski definition) is 1. The van der Waals surface area contributed by atoms with Crippen LogP contribution in [-0.2, 0) is 6.42 Å². The Morgan fingerprint density at radius 2 is 2.29 bits per heavy atom. The Kier molecular flexibility index (Phi) is 3.49. The van der Waals surface area contributed by atoms with Crippen molar-refractivity contribution in [3.63, 3.8) is 0 Å². The average Bonchev–Trinajstić information content (AvgIpc) is 2.77. The van der Waals surface area contributed by atoms with E-state index in [0.717, 1.165) is 6.42 Å². The van der Waals surface area contributed by atoms with Gasteiger partial charge in [0, 0.05) is 18.0 Å². The maximum atomic E-state index is 13.0. The summed E-state index contributed by atoms with van der Waals surface area (Å²) >= 11 is 0. The van der Waals surface area contributed by atoms with Crippen LogP contribution in [0.5, 0.6) is 0 Å². The highest BCUT2D eigenvalue weighted by Crippen LogP contribution is 2.18. The largest absolute Gasteiger partial charge is 0.334 e. The first-order valence-electron chi connectivity index (χ1n) is 5.53. The van der Waals surface area contributed by atoms with Gasteiger partial charge in [-0.3, -0.25) is 0 Å². The van der Waals surface area contributed by atoms with E-state index in [2.05, 4.69) is 10.1 Å². The molecule has 0 spiro atoms. The number of benzene rings is 1. The number of rotatable bonds is 4. The normalized spacial score (nSPS) is 12.6. The van der Waals surface area contributed by atoms with E-state index in [1.54, 1.807) is 12.1 Å². The summed E-state index contributed by atoms with van der Waals surface area (Å²) < 4.78 is 18.1. The lowest BCUT2D eigenvalue weighted by molar-refractivity contribution is 0.419. The lowest BCUT2D eigenvalue weighted by Gasteiger charge is -2.02. The fourth-order valence-electron chi connectivity index (χ4n) is 1.45. The molecule has 1 heterocycles. The molecule has 1 atom stereocenters. The van der Waals surface area contributed by atoms with E-state index in [1.165, 1.54) is 12.1 Å². The Balaban J connectivity index is 2.18. The summed E-state index contributed by atoms with van der Waals surface area (Å²) in [5.41, 5.74) is 6.37. The van der Waals surface area contributed by atoms with Gasteiger partial charge in [-0.15, -0.1) is 0 Å². The Hall–Kier alpha value is -1.75. The first kappa shape index (κ1) is 11.7. The smallest absolute Gasteiger partial charge is 0.258 e. The zero-order valence-corrected chi connectivity index (χ0v) is 9.56. The maximum Gasteiger partial charge on any atom is 0.258 e. The highest BCUT2D eigenvalue weighted by Gasteiger charge is 2.11. The second-order valence-electron chi connectivity index (χ2n) is 3.90. The van der Waals surface area contributed by atoms with Gasteiger partial charge in [-0.1, -0.05) is 18.1 Å². The van der Waals surface area contributed by atoms with E-state index in [9.17, 15) is 4.39 Å². The minimum atomic E-state index is -0.326. The Morgan fingerprint density at radius 1 is 1.47 bits per heavy atom. The molecule has 1 unspecified atom stereocenters. The van der Waals surface area contributed by atoms with Crippen molar-refractivity contribution in [2.24, 2.45) is 5.73 Å². The van der Waals surface area contributed by atoms with E-state index in [1.807, 2.05) is 6.92 Å². The van der Waals surface area contributed by atoms with Gasteiger partial charge in [0.25, 0.3) is 5.89 Å². The monoisotopic (exact) mass is 235 g/mol. The predicted molar refractivity (Wildman–Crippen MR) is 61.7 cm³/mol. The molecule has 0 amide bonds. The molecular formula is C12H14FN3O. The van der Waals surface area contributed by atoms with Crippen LogP contribution in [0.3, 0.4) is 0 Å². The Labute approximate surface area is 98.6 Å². The van der Waals surface area contributed by atoms with Crippen molar-refractivity contribution in [3.05, 3.63) is 35.9 Å². The predicted octanol–water partition coefficient (Wildman–Crippen LogP) is 2.16. The van der Waals surface area contributed by atoms with Crippen LogP contribution in [0.15, 0.2) is 28.8 Å². The standard InChI is InChI=1S/C12H14FN3O/c1-2-10(14)7-11-15-12(17-16-11)8-4-3-5-9(13)6-8/h3-6,10H,2,7,14H2,1H3. The first-order chi connectivity index (χ1) is 8.19. The molecule has 0 bridgehead atoms. The highest BCUT2D eigenvalue weighted by atomic mass is 19.1. The zero-order chi connectivity index (χ0) is 12.3. The molecule has 0 saturated heterocycles. The Bertz CT molecular complexity index is 498. The third-order valence-corrected chi connectivity index (χ3v) is 2.51. The van der Waals surface area contributed by atoms with Gasteiger partial charge in [0.2, 0.25) is 0 Å². The van der Waals surface area contributed by atoms with E-state index < -0.39 is 0 Å². The molecule has 17 heavy (non-hydrogen) atoms. The maximum absolute atomic E-state index is 13.0. The first-order valence-corrected chi connectivity index (χ1v) is 5.53. The van der Waals surface area contributed by atoms with E-state index in [0.29, 0.717) is 23.7 Å². The number of nitrogens with two attached hydrogens (primary N) is 1. The van der Waals surface area contributed by atoms with Gasteiger partial charge in [-0.2, -0.15) is 4.98 Å². The van der Waals surface area contributed by atoms with Gasteiger partial charge in [-0.05, 0) is 24.6 Å². The molecule has 5 heteroatoms. The fraction of sp³-hybridized carbons (Fsp3) is 0.333. The summed E-state index contributed by atoms with van der Waals surface area (Å²) in [6.45, 7) is 2.00. The molecule has 2 rings (SSSR count). The molecule has 0 fully saturated rings. The SMILES string of the molecule is CCC(N)Cc1noc(-c2cccc(F)c2)n1. The minimum absolute atomic E-state index is 0.0213. The summed E-state index contributed by atoms with van der Waals surface area (Å²) in [6, 6.07) is 6.07. The molecule has 1 aromatic carbocycles. The average molecular weight is 235 g/mol. The van der Waals surface area contributed by atoms with Crippen LogP contribution in [0.25, 0.3) is 11.5 Å². The van der Waals surface area contributed by atoms with Crippen LogP contribution in [0.1, 0.15) is 19.2 Å². The molecule has 0 aliphatic rings. The van der Waals surface area contributed by atoms with Crippen molar-refractivity contribution in [1.82, 2.24) is 10.1 Å². The van der Waals surface area contributed by atoms with E-state index in [-0.39, 0.29) is 11.9 Å². The summed E-state index contributed by atoms with van der Waals surface area (Å²) in [5.74, 6) is 0.550. The highest BCUT2D eigenvalue weighted by molar-refractivity contribution is 5.52. The molecule has 0 saturated carbocycles. The Morgan fingerprint density at radius 3 is 3.00 bits per heavy atom. The van der Waals surface area contributed by atoms with Gasteiger partial charge in [0.1, 0.15) is 5.82 Å². The van der Waals surface area contributed by atoms with Crippen LogP contribution < -0.4 is 5.73 Å². The summed E-state index contributed by atoms with van der Waals surface area (Å²) in [5, 5.41) is 3.82. The summed E-state index contributed by atoms with van der Waals surface area (Å²) in [7, 11) is 0. The molecule has 90 valence electrons. The number of nitrogens with zero attached hydrogens (tertiary/aromatic N) is 2. The van der Waals surface area contributed by atoms with Crippen molar-refractivity contribution >= 4 is 0 Å². The van der Waals surface area contributed by atoms with Crippen molar-refractivity contribution in [1.29, 1.82) is 0 Å². The fourth-order valence-corrected chi connectivity index (χ4v) is 1.45. The number of hydrogen-bond acceptors (Lipinski definition) is 4. The zero-order valence-electron chi connectivity index (χ0n) is 9.56. The van der Waals surface area contributed by atoms with E-state index in [4.69, 9.17) is 10.3 Å². The van der Waals surface area contributed by atoms with Gasteiger partial charge >= 0.3 is 0 Å². The lowest BCUT2D eigenvalue weighted by atomic mass is 10.1. The molecule has 1 aromatic heterocycles. The van der Waals surface area contributed by atoms with Crippen molar-refractivity contribution in [2.45, 2.75) is 25.8 Å². The molecule has 2 aromatic rings. The summed E-state index contributed by atoms with van der Waals surface area (Å²) in [6.07, 6.45) is 1.42. The van der Waals surface area contributed by atoms with Gasteiger partial charge < -0.3 is 10.3 Å². The lowest BCUT2D eigenvalue weighted by Crippen LogP contribution is -2.21. The molecular weight excluding hydrogens is 221 g/mol. The van der Waals surface area contributed by atoms with Crippen molar-refractivity contribution in [2.75, 3.05) is 0 Å². The third kappa shape index (κ3) is 2.88. The topological polar surface area (TPSA) is 64.9 Å². The van der Waals surface area contributed by atoms with Gasteiger partial charge in [0.15, 0.2) is 5.82 Å². The van der Waals surface area contributed by atoms with Crippen LogP contribution in [-0.4, -0.2) is 16.2 Å². The van der Waals surface area contributed by atoms with Crippen LogP contribution in [0.2, 0.25) is 0 Å². The third-order valence-electron chi connectivity index (χ3n) is 2.51. The van der Waals surface area contributed by atoms with Crippen LogP contribution in [0, 0.1) is 5.82 Å². The minimum Gasteiger partial charge on any atom is -0.334 e.